The van der Waals surface area contributed by atoms with Crippen LogP contribution in [0, 0.1) is 0 Å². The maximum Gasteiger partial charge on any atom is 0.224 e. The molecule has 0 unspecified atom stereocenters. The van der Waals surface area contributed by atoms with Crippen molar-refractivity contribution in [3.63, 3.8) is 0 Å². The van der Waals surface area contributed by atoms with Crippen molar-refractivity contribution < 1.29 is 4.79 Å². The Morgan fingerprint density at radius 3 is 2.09 bits per heavy atom. The maximum atomic E-state index is 12.0. The molecule has 0 aliphatic carbocycles. The second-order valence-corrected chi connectivity index (χ2v) is 6.46. The number of carbonyl (C=O) groups is 1. The van der Waals surface area contributed by atoms with Crippen LogP contribution >= 0.6 is 46.4 Å². The zero-order valence-electron chi connectivity index (χ0n) is 11.5. The maximum absolute atomic E-state index is 12.0. The molecule has 0 aliphatic rings. The van der Waals surface area contributed by atoms with Gasteiger partial charge in [-0.05, 0) is 42.7 Å². The van der Waals surface area contributed by atoms with Crippen LogP contribution in [0.5, 0.6) is 0 Å². The van der Waals surface area contributed by atoms with Crippen LogP contribution in [0.2, 0.25) is 20.1 Å². The lowest BCUT2D eigenvalue weighted by atomic mass is 10.1. The van der Waals surface area contributed by atoms with Gasteiger partial charge >= 0.3 is 0 Å². The van der Waals surface area contributed by atoms with Gasteiger partial charge in [-0.3, -0.25) is 4.79 Å². The third-order valence-electron chi connectivity index (χ3n) is 3.05. The SMILES string of the molecule is O=C(CCCc1ccc(Cl)cc1)Nc1c(Cl)cc(Cl)cc1Cl. The molecule has 2 aromatic carbocycles. The molecule has 0 fully saturated rings. The topological polar surface area (TPSA) is 29.1 Å². The number of carbonyl (C=O) groups excluding carboxylic acids is 1. The number of aryl methyl sites for hydroxylation is 1. The lowest BCUT2D eigenvalue weighted by molar-refractivity contribution is -0.116. The lowest BCUT2D eigenvalue weighted by Crippen LogP contribution is -2.12. The Hall–Kier alpha value is -0.930. The summed E-state index contributed by atoms with van der Waals surface area (Å²) in [5.74, 6) is -0.139. The fraction of sp³-hybridized carbons (Fsp3) is 0.188. The van der Waals surface area contributed by atoms with E-state index in [2.05, 4.69) is 5.32 Å². The molecule has 6 heteroatoms. The highest BCUT2D eigenvalue weighted by molar-refractivity contribution is 6.42. The van der Waals surface area contributed by atoms with E-state index >= 15 is 0 Å². The van der Waals surface area contributed by atoms with Gasteiger partial charge in [0.1, 0.15) is 0 Å². The Morgan fingerprint density at radius 1 is 0.909 bits per heavy atom. The molecule has 0 saturated heterocycles. The van der Waals surface area contributed by atoms with Gasteiger partial charge in [-0.25, -0.2) is 0 Å². The number of anilines is 1. The monoisotopic (exact) mass is 375 g/mol. The Morgan fingerprint density at radius 2 is 1.50 bits per heavy atom. The van der Waals surface area contributed by atoms with Crippen LogP contribution in [-0.4, -0.2) is 5.91 Å². The summed E-state index contributed by atoms with van der Waals surface area (Å²) in [7, 11) is 0. The fourth-order valence-electron chi connectivity index (χ4n) is 1.97. The highest BCUT2D eigenvalue weighted by Crippen LogP contribution is 2.33. The fourth-order valence-corrected chi connectivity index (χ4v) is 3.01. The molecule has 0 saturated carbocycles. The summed E-state index contributed by atoms with van der Waals surface area (Å²) in [5.41, 5.74) is 1.53. The number of nitrogens with one attached hydrogen (secondary N) is 1. The molecule has 116 valence electrons. The van der Waals surface area contributed by atoms with Gasteiger partial charge in [0.15, 0.2) is 0 Å². The molecule has 2 aromatic rings. The molecule has 1 N–H and O–H groups in total. The first-order valence-corrected chi connectivity index (χ1v) is 8.16. The first-order valence-electron chi connectivity index (χ1n) is 6.64. The molecule has 0 aliphatic heterocycles. The predicted octanol–water partition coefficient (Wildman–Crippen LogP) is 6.26. The number of halogens is 4. The van der Waals surface area contributed by atoms with Crippen LogP contribution in [0.4, 0.5) is 5.69 Å². The molecular formula is C16H13Cl4NO. The Kier molecular flexibility index (Phi) is 6.39. The predicted molar refractivity (Wildman–Crippen MR) is 94.5 cm³/mol. The smallest absolute Gasteiger partial charge is 0.224 e. The van der Waals surface area contributed by atoms with Crippen LogP contribution in [0.25, 0.3) is 0 Å². The van der Waals surface area contributed by atoms with E-state index in [9.17, 15) is 4.79 Å². The van der Waals surface area contributed by atoms with E-state index in [4.69, 9.17) is 46.4 Å². The first-order chi connectivity index (χ1) is 10.5. The standard InChI is InChI=1S/C16H13Cl4NO/c17-11-6-4-10(5-7-11)2-1-3-15(22)21-16-13(19)8-12(18)9-14(16)20/h4-9H,1-3H2,(H,21,22). The van der Waals surface area contributed by atoms with Crippen molar-refractivity contribution in [3.05, 3.63) is 62.1 Å². The van der Waals surface area contributed by atoms with Crippen molar-refractivity contribution in [3.8, 4) is 0 Å². The quantitative estimate of drug-likeness (QED) is 0.655. The number of hydrogen-bond acceptors (Lipinski definition) is 1. The molecule has 0 bridgehead atoms. The summed E-state index contributed by atoms with van der Waals surface area (Å²) in [6.45, 7) is 0. The van der Waals surface area contributed by atoms with Crippen molar-refractivity contribution in [2.75, 3.05) is 5.32 Å². The molecule has 2 nitrogen and oxygen atoms in total. The van der Waals surface area contributed by atoms with Crippen molar-refractivity contribution in [1.29, 1.82) is 0 Å². The Labute approximate surface area is 149 Å². The summed E-state index contributed by atoms with van der Waals surface area (Å²) in [4.78, 5) is 12.0. The summed E-state index contributed by atoms with van der Waals surface area (Å²) in [5, 5.41) is 4.49. The summed E-state index contributed by atoms with van der Waals surface area (Å²) in [6.07, 6.45) is 1.89. The molecule has 0 spiro atoms. The molecule has 22 heavy (non-hydrogen) atoms. The summed E-state index contributed by atoms with van der Waals surface area (Å²) < 4.78 is 0. The second kappa shape index (κ2) is 8.07. The van der Waals surface area contributed by atoms with Crippen LogP contribution in [0.15, 0.2) is 36.4 Å². The third-order valence-corrected chi connectivity index (χ3v) is 4.12. The number of benzene rings is 2. The van der Waals surface area contributed by atoms with E-state index < -0.39 is 0 Å². The minimum absolute atomic E-state index is 0.139. The Bertz CT molecular complexity index is 647. The number of hydrogen-bond donors (Lipinski definition) is 1. The van der Waals surface area contributed by atoms with Crippen molar-refractivity contribution in [1.82, 2.24) is 0 Å². The highest BCUT2D eigenvalue weighted by Gasteiger charge is 2.11. The highest BCUT2D eigenvalue weighted by atomic mass is 35.5. The van der Waals surface area contributed by atoms with E-state index in [0.29, 0.717) is 32.2 Å². The molecular weight excluding hydrogens is 364 g/mol. The van der Waals surface area contributed by atoms with E-state index in [1.54, 1.807) is 0 Å². The van der Waals surface area contributed by atoms with Gasteiger partial charge in [-0.1, -0.05) is 58.5 Å². The first kappa shape index (κ1) is 17.4. The average Bonchev–Trinajstić information content (AvgIpc) is 2.45. The van der Waals surface area contributed by atoms with Gasteiger partial charge in [0, 0.05) is 16.5 Å². The van der Waals surface area contributed by atoms with Gasteiger partial charge in [-0.2, -0.15) is 0 Å². The molecule has 0 atom stereocenters. The minimum atomic E-state index is -0.139. The van der Waals surface area contributed by atoms with Crippen molar-refractivity contribution in [2.45, 2.75) is 19.3 Å². The molecule has 0 heterocycles. The molecule has 1 amide bonds. The van der Waals surface area contributed by atoms with Gasteiger partial charge in [0.25, 0.3) is 0 Å². The zero-order valence-corrected chi connectivity index (χ0v) is 14.5. The normalized spacial score (nSPS) is 10.5. The number of rotatable bonds is 5. The largest absolute Gasteiger partial charge is 0.324 e. The summed E-state index contributed by atoms with van der Waals surface area (Å²) in [6, 6.07) is 10.7. The molecule has 0 radical (unpaired) electrons. The van der Waals surface area contributed by atoms with E-state index in [1.165, 1.54) is 12.1 Å². The van der Waals surface area contributed by atoms with Gasteiger partial charge < -0.3 is 5.32 Å². The van der Waals surface area contributed by atoms with Crippen molar-refractivity contribution >= 4 is 58.0 Å². The Balaban J connectivity index is 1.87. The van der Waals surface area contributed by atoms with E-state index in [1.807, 2.05) is 24.3 Å². The minimum Gasteiger partial charge on any atom is -0.324 e. The van der Waals surface area contributed by atoms with Gasteiger partial charge in [0.2, 0.25) is 5.91 Å². The van der Waals surface area contributed by atoms with Crippen LogP contribution in [-0.2, 0) is 11.2 Å². The van der Waals surface area contributed by atoms with E-state index in [0.717, 1.165) is 18.4 Å². The lowest BCUT2D eigenvalue weighted by Gasteiger charge is -2.10. The van der Waals surface area contributed by atoms with E-state index in [-0.39, 0.29) is 5.91 Å². The van der Waals surface area contributed by atoms with Gasteiger partial charge in [0.05, 0.1) is 15.7 Å². The van der Waals surface area contributed by atoms with Crippen LogP contribution in [0.1, 0.15) is 18.4 Å². The number of amides is 1. The van der Waals surface area contributed by atoms with Crippen LogP contribution in [0.3, 0.4) is 0 Å². The van der Waals surface area contributed by atoms with Crippen molar-refractivity contribution in [2.24, 2.45) is 0 Å². The third kappa shape index (κ3) is 5.06. The molecule has 2 rings (SSSR count). The second-order valence-electron chi connectivity index (χ2n) is 4.77. The van der Waals surface area contributed by atoms with Gasteiger partial charge in [-0.15, -0.1) is 0 Å². The summed E-state index contributed by atoms with van der Waals surface area (Å²) >= 11 is 23.7. The average molecular weight is 377 g/mol. The van der Waals surface area contributed by atoms with Crippen LogP contribution < -0.4 is 5.32 Å². The zero-order chi connectivity index (χ0) is 16.1. The molecule has 0 aromatic heterocycles.